The van der Waals surface area contributed by atoms with Crippen molar-refractivity contribution >= 4 is 9.84 Å². The van der Waals surface area contributed by atoms with E-state index >= 15 is 0 Å². The highest BCUT2D eigenvalue weighted by atomic mass is 32.2. The molecule has 142 valence electrons. The minimum atomic E-state index is -4.68. The minimum Gasteiger partial charge on any atom is -0.232 e. The summed E-state index contributed by atoms with van der Waals surface area (Å²) in [5.74, 6) is -1.06. The van der Waals surface area contributed by atoms with Gasteiger partial charge in [-0.3, -0.25) is 0 Å². The summed E-state index contributed by atoms with van der Waals surface area (Å²) in [6, 6.07) is 10.7. The topological polar surface area (TPSA) is 52.0 Å². The molecule has 27 heavy (non-hydrogen) atoms. The van der Waals surface area contributed by atoms with E-state index < -0.39 is 32.4 Å². The van der Waals surface area contributed by atoms with Crippen LogP contribution in [0.2, 0.25) is 0 Å². The molecule has 1 aromatic heterocycles. The molecule has 1 heterocycles. The minimum absolute atomic E-state index is 0.0222. The Labute approximate surface area is 153 Å². The Balaban J connectivity index is 2.21. The molecule has 0 aliphatic rings. The molecular formula is C18H14F4N2O2S. The molecule has 0 unspecified atom stereocenters. The highest BCUT2D eigenvalue weighted by Crippen LogP contribution is 2.33. The van der Waals surface area contributed by atoms with E-state index in [0.717, 1.165) is 34.7 Å². The maximum absolute atomic E-state index is 14.2. The van der Waals surface area contributed by atoms with Gasteiger partial charge in [-0.2, -0.15) is 18.3 Å². The summed E-state index contributed by atoms with van der Waals surface area (Å²) in [6.07, 6.45) is -3.84. The summed E-state index contributed by atoms with van der Waals surface area (Å²) in [7, 11) is -3.80. The van der Waals surface area contributed by atoms with E-state index in [1.807, 2.05) is 6.92 Å². The fourth-order valence-electron chi connectivity index (χ4n) is 2.57. The average Bonchev–Trinajstić information content (AvgIpc) is 2.99. The molecule has 0 amide bonds. The van der Waals surface area contributed by atoms with Gasteiger partial charge in [-0.15, -0.1) is 0 Å². The summed E-state index contributed by atoms with van der Waals surface area (Å²) in [5.41, 5.74) is 0.325. The predicted molar refractivity (Wildman–Crippen MR) is 91.8 cm³/mol. The second kappa shape index (κ2) is 6.49. The first-order valence-corrected chi connectivity index (χ1v) is 9.60. The van der Waals surface area contributed by atoms with E-state index in [4.69, 9.17) is 0 Å². The summed E-state index contributed by atoms with van der Waals surface area (Å²) in [5, 5.41) is 3.56. The molecule has 2 aromatic carbocycles. The van der Waals surface area contributed by atoms with E-state index in [-0.39, 0.29) is 11.4 Å². The zero-order chi connectivity index (χ0) is 20.0. The second-order valence-electron chi connectivity index (χ2n) is 6.08. The van der Waals surface area contributed by atoms with Crippen LogP contribution in [0.25, 0.3) is 16.9 Å². The maximum Gasteiger partial charge on any atom is 0.435 e. The lowest BCUT2D eigenvalue weighted by Crippen LogP contribution is -2.08. The van der Waals surface area contributed by atoms with E-state index in [0.29, 0.717) is 5.56 Å². The number of aromatic nitrogens is 2. The molecule has 0 fully saturated rings. The molecule has 0 radical (unpaired) electrons. The predicted octanol–water partition coefficient (Wildman–Crippen LogP) is 4.41. The van der Waals surface area contributed by atoms with Gasteiger partial charge in [-0.25, -0.2) is 17.5 Å². The van der Waals surface area contributed by atoms with Crippen LogP contribution in [0.15, 0.2) is 53.4 Å². The molecule has 4 nitrogen and oxygen atoms in total. The number of sulfone groups is 1. The van der Waals surface area contributed by atoms with Crippen molar-refractivity contribution in [3.8, 4) is 16.9 Å². The van der Waals surface area contributed by atoms with Crippen molar-refractivity contribution in [2.24, 2.45) is 0 Å². The van der Waals surface area contributed by atoms with Crippen LogP contribution in [0.5, 0.6) is 0 Å². The number of aryl methyl sites for hydroxylation is 1. The Morgan fingerprint density at radius 1 is 1.00 bits per heavy atom. The highest BCUT2D eigenvalue weighted by Gasteiger charge is 2.35. The van der Waals surface area contributed by atoms with Gasteiger partial charge in [-0.05, 0) is 25.1 Å². The Morgan fingerprint density at radius 3 is 2.15 bits per heavy atom. The van der Waals surface area contributed by atoms with E-state index in [1.165, 1.54) is 6.07 Å². The van der Waals surface area contributed by atoms with Gasteiger partial charge in [-0.1, -0.05) is 29.8 Å². The molecular weight excluding hydrogens is 384 g/mol. The normalized spacial score (nSPS) is 12.4. The molecule has 0 bridgehead atoms. The Morgan fingerprint density at radius 2 is 1.63 bits per heavy atom. The summed E-state index contributed by atoms with van der Waals surface area (Å²) >= 11 is 0. The number of hydrogen-bond acceptors (Lipinski definition) is 3. The van der Waals surface area contributed by atoms with Crippen LogP contribution in [-0.2, 0) is 16.0 Å². The molecule has 0 aliphatic heterocycles. The van der Waals surface area contributed by atoms with Gasteiger partial charge in [0, 0.05) is 17.9 Å². The average molecular weight is 398 g/mol. The van der Waals surface area contributed by atoms with E-state index in [2.05, 4.69) is 5.10 Å². The van der Waals surface area contributed by atoms with Crippen molar-refractivity contribution in [2.75, 3.05) is 6.26 Å². The Hall–Kier alpha value is -2.68. The lowest BCUT2D eigenvalue weighted by molar-refractivity contribution is -0.141. The molecule has 3 rings (SSSR count). The van der Waals surface area contributed by atoms with E-state index in [9.17, 15) is 26.0 Å². The van der Waals surface area contributed by atoms with Gasteiger partial charge in [0.25, 0.3) is 0 Å². The number of rotatable bonds is 3. The SMILES string of the molecule is Cc1ccc(-c2cc(C(F)(F)F)nn2-c2ccc(S(C)(=O)=O)c(F)c2)cc1. The van der Waals surface area contributed by atoms with Crippen molar-refractivity contribution < 1.29 is 26.0 Å². The summed E-state index contributed by atoms with van der Waals surface area (Å²) in [6.45, 7) is 1.83. The first-order chi connectivity index (χ1) is 12.5. The van der Waals surface area contributed by atoms with Crippen LogP contribution in [-0.4, -0.2) is 24.5 Å². The standard InChI is InChI=1S/C18H14F4N2O2S/c1-11-3-5-12(6-4-11)15-10-17(18(20,21)22)23-24(15)13-7-8-16(14(19)9-13)27(2,25)26/h3-10H,1-2H3. The smallest absolute Gasteiger partial charge is 0.232 e. The van der Waals surface area contributed by atoms with Crippen molar-refractivity contribution in [3.05, 3.63) is 65.6 Å². The molecule has 0 atom stereocenters. The Kier molecular flexibility index (Phi) is 4.59. The maximum atomic E-state index is 14.2. The lowest BCUT2D eigenvalue weighted by atomic mass is 10.1. The van der Waals surface area contributed by atoms with Gasteiger partial charge < -0.3 is 0 Å². The summed E-state index contributed by atoms with van der Waals surface area (Å²) in [4.78, 5) is -0.536. The lowest BCUT2D eigenvalue weighted by Gasteiger charge is -2.09. The number of hydrogen-bond donors (Lipinski definition) is 0. The molecule has 9 heteroatoms. The molecule has 3 aromatic rings. The van der Waals surface area contributed by atoms with Crippen molar-refractivity contribution in [2.45, 2.75) is 18.0 Å². The quantitative estimate of drug-likeness (QED) is 0.614. The Bertz CT molecular complexity index is 1100. The van der Waals surface area contributed by atoms with Gasteiger partial charge in [0.2, 0.25) is 0 Å². The van der Waals surface area contributed by atoms with Crippen LogP contribution < -0.4 is 0 Å². The monoisotopic (exact) mass is 398 g/mol. The number of benzene rings is 2. The van der Waals surface area contributed by atoms with Crippen LogP contribution in [0.3, 0.4) is 0 Å². The first kappa shape index (κ1) is 19.1. The third-order valence-corrected chi connectivity index (χ3v) is 5.04. The van der Waals surface area contributed by atoms with Crippen molar-refractivity contribution in [1.82, 2.24) is 9.78 Å². The molecule has 0 saturated carbocycles. The van der Waals surface area contributed by atoms with Crippen LogP contribution >= 0.6 is 0 Å². The van der Waals surface area contributed by atoms with Gasteiger partial charge in [0.05, 0.1) is 11.4 Å². The van der Waals surface area contributed by atoms with Crippen LogP contribution in [0.4, 0.5) is 17.6 Å². The zero-order valence-corrected chi connectivity index (χ0v) is 15.1. The van der Waals surface area contributed by atoms with Gasteiger partial charge >= 0.3 is 6.18 Å². The van der Waals surface area contributed by atoms with Crippen molar-refractivity contribution in [1.29, 1.82) is 0 Å². The van der Waals surface area contributed by atoms with Gasteiger partial charge in [0.1, 0.15) is 10.7 Å². The van der Waals surface area contributed by atoms with Crippen LogP contribution in [0.1, 0.15) is 11.3 Å². The first-order valence-electron chi connectivity index (χ1n) is 7.71. The number of nitrogens with zero attached hydrogens (tertiary/aromatic N) is 2. The highest BCUT2D eigenvalue weighted by molar-refractivity contribution is 7.90. The van der Waals surface area contributed by atoms with Crippen LogP contribution in [0, 0.1) is 12.7 Å². The third kappa shape index (κ3) is 3.87. The zero-order valence-electron chi connectivity index (χ0n) is 14.2. The fraction of sp³-hybridized carbons (Fsp3) is 0.167. The summed E-state index contributed by atoms with van der Waals surface area (Å²) < 4.78 is 77.7. The molecule has 0 aliphatic carbocycles. The molecule has 0 saturated heterocycles. The second-order valence-corrected chi connectivity index (χ2v) is 8.06. The van der Waals surface area contributed by atoms with Gasteiger partial charge in [0.15, 0.2) is 15.5 Å². The third-order valence-electron chi connectivity index (χ3n) is 3.91. The fourth-order valence-corrected chi connectivity index (χ4v) is 3.30. The molecule has 0 spiro atoms. The van der Waals surface area contributed by atoms with Crippen molar-refractivity contribution in [3.63, 3.8) is 0 Å². The number of alkyl halides is 3. The van der Waals surface area contributed by atoms with E-state index in [1.54, 1.807) is 24.3 Å². The largest absolute Gasteiger partial charge is 0.435 e. The molecule has 0 N–H and O–H groups in total. The number of halogens is 4.